The number of ether oxygens (including phenoxy) is 3. The number of cyclic esters (lactones) is 1. The standard InChI is InChI=1S/C25H23NO7S/c1-31-21-12-10-20(11-13-21)26(17-18-6-3-2-4-7-18)34(29,30)22-9-5-8-19(16-22)24(27)33-23-14-15-32-25(23)28/h2-13,16,23H,14-15,17H2,1H3/t23-/m0/s1. The van der Waals surface area contributed by atoms with Gasteiger partial charge in [-0.05, 0) is 48.0 Å². The molecule has 0 aliphatic carbocycles. The number of nitrogens with zero attached hydrogens (tertiary/aromatic N) is 1. The molecule has 1 aliphatic rings. The number of anilines is 1. The Morgan fingerprint density at radius 1 is 1.03 bits per heavy atom. The van der Waals surface area contributed by atoms with Crippen LogP contribution >= 0.6 is 0 Å². The van der Waals surface area contributed by atoms with Crippen LogP contribution in [0.4, 0.5) is 5.69 Å². The highest BCUT2D eigenvalue weighted by Gasteiger charge is 2.31. The average molecular weight is 482 g/mol. The molecule has 4 rings (SSSR count). The SMILES string of the molecule is COc1ccc(N(Cc2ccccc2)S(=O)(=O)c2cccc(C(=O)O[C@H]3CCOC3=O)c2)cc1. The third-order valence-corrected chi connectivity index (χ3v) is 7.09. The highest BCUT2D eigenvalue weighted by molar-refractivity contribution is 7.92. The second-order valence-electron chi connectivity index (χ2n) is 7.57. The Morgan fingerprint density at radius 3 is 2.41 bits per heavy atom. The summed E-state index contributed by atoms with van der Waals surface area (Å²) in [5.41, 5.74) is 1.25. The predicted octanol–water partition coefficient (Wildman–Crippen LogP) is 3.56. The summed E-state index contributed by atoms with van der Waals surface area (Å²) in [6, 6.07) is 21.4. The molecule has 1 atom stereocenters. The van der Waals surface area contributed by atoms with E-state index in [1.165, 1.54) is 35.7 Å². The Hall–Kier alpha value is -3.85. The summed E-state index contributed by atoms with van der Waals surface area (Å²) in [6.45, 7) is 0.263. The van der Waals surface area contributed by atoms with Gasteiger partial charge in [-0.25, -0.2) is 18.0 Å². The second kappa shape index (κ2) is 9.96. The van der Waals surface area contributed by atoms with Gasteiger partial charge in [-0.3, -0.25) is 4.31 Å². The molecule has 0 N–H and O–H groups in total. The number of benzene rings is 3. The minimum absolute atomic E-state index is 0.0233. The fraction of sp³-hybridized carbons (Fsp3) is 0.200. The lowest BCUT2D eigenvalue weighted by Gasteiger charge is -2.25. The van der Waals surface area contributed by atoms with Gasteiger partial charge in [0.25, 0.3) is 10.0 Å². The highest BCUT2D eigenvalue weighted by atomic mass is 32.2. The minimum Gasteiger partial charge on any atom is -0.497 e. The van der Waals surface area contributed by atoms with Crippen molar-refractivity contribution >= 4 is 27.6 Å². The van der Waals surface area contributed by atoms with Crippen LogP contribution in [0.5, 0.6) is 5.75 Å². The molecule has 0 saturated carbocycles. The molecule has 0 radical (unpaired) electrons. The van der Waals surface area contributed by atoms with Gasteiger partial charge >= 0.3 is 11.9 Å². The van der Waals surface area contributed by atoms with Crippen LogP contribution in [0.25, 0.3) is 0 Å². The number of rotatable bonds is 8. The molecular formula is C25H23NO7S. The fourth-order valence-corrected chi connectivity index (χ4v) is 5.00. The third-order valence-electron chi connectivity index (χ3n) is 5.32. The Balaban J connectivity index is 1.67. The molecule has 0 aromatic heterocycles. The Bertz CT molecular complexity index is 1270. The summed E-state index contributed by atoms with van der Waals surface area (Å²) in [6.07, 6.45) is -0.716. The van der Waals surface area contributed by atoms with E-state index in [9.17, 15) is 18.0 Å². The summed E-state index contributed by atoms with van der Waals surface area (Å²) in [5.74, 6) is -0.804. The molecule has 0 spiro atoms. The molecule has 8 nitrogen and oxygen atoms in total. The first-order valence-electron chi connectivity index (χ1n) is 10.6. The van der Waals surface area contributed by atoms with E-state index in [4.69, 9.17) is 14.2 Å². The molecule has 0 amide bonds. The van der Waals surface area contributed by atoms with E-state index in [1.807, 2.05) is 30.3 Å². The zero-order valence-electron chi connectivity index (χ0n) is 18.4. The second-order valence-corrected chi connectivity index (χ2v) is 9.44. The maximum absolute atomic E-state index is 13.7. The Labute approximate surface area is 197 Å². The molecule has 3 aromatic carbocycles. The van der Waals surface area contributed by atoms with Crippen molar-refractivity contribution in [1.82, 2.24) is 0 Å². The van der Waals surface area contributed by atoms with Crippen molar-refractivity contribution < 1.29 is 32.2 Å². The van der Waals surface area contributed by atoms with E-state index < -0.39 is 28.1 Å². The van der Waals surface area contributed by atoms with Crippen molar-refractivity contribution in [2.75, 3.05) is 18.0 Å². The molecule has 1 fully saturated rings. The minimum atomic E-state index is -4.07. The lowest BCUT2D eigenvalue weighted by molar-refractivity contribution is -0.145. The molecule has 0 bridgehead atoms. The van der Waals surface area contributed by atoms with Crippen LogP contribution < -0.4 is 9.04 Å². The molecule has 0 unspecified atom stereocenters. The third kappa shape index (κ3) is 5.04. The maximum Gasteiger partial charge on any atom is 0.347 e. The molecule has 1 saturated heterocycles. The maximum atomic E-state index is 13.7. The first-order chi connectivity index (χ1) is 16.4. The van der Waals surface area contributed by atoms with Crippen molar-refractivity contribution in [2.45, 2.75) is 24.0 Å². The molecule has 9 heteroatoms. The lowest BCUT2D eigenvalue weighted by atomic mass is 10.2. The summed E-state index contributed by atoms with van der Waals surface area (Å²) < 4.78 is 43.9. The number of sulfonamides is 1. The number of hydrogen-bond acceptors (Lipinski definition) is 7. The van der Waals surface area contributed by atoms with E-state index in [1.54, 1.807) is 24.3 Å². The van der Waals surface area contributed by atoms with Gasteiger partial charge in [-0.1, -0.05) is 36.4 Å². The zero-order valence-corrected chi connectivity index (χ0v) is 19.2. The molecule has 3 aromatic rings. The molecule has 176 valence electrons. The van der Waals surface area contributed by atoms with Gasteiger partial charge in [-0.15, -0.1) is 0 Å². The van der Waals surface area contributed by atoms with E-state index in [-0.39, 0.29) is 30.0 Å². The average Bonchev–Trinajstić information content (AvgIpc) is 3.27. The van der Waals surface area contributed by atoms with E-state index in [0.29, 0.717) is 11.4 Å². The van der Waals surface area contributed by atoms with Crippen LogP contribution in [-0.4, -0.2) is 40.2 Å². The quantitative estimate of drug-likeness (QED) is 0.454. The van der Waals surface area contributed by atoms with Crippen molar-refractivity contribution in [2.24, 2.45) is 0 Å². The largest absolute Gasteiger partial charge is 0.497 e. The number of methoxy groups -OCH3 is 1. The van der Waals surface area contributed by atoms with Gasteiger partial charge in [0.2, 0.25) is 6.10 Å². The van der Waals surface area contributed by atoms with Gasteiger partial charge in [0, 0.05) is 6.42 Å². The first-order valence-corrected chi connectivity index (χ1v) is 12.0. The van der Waals surface area contributed by atoms with E-state index in [0.717, 1.165) is 5.56 Å². The highest BCUT2D eigenvalue weighted by Crippen LogP contribution is 2.28. The van der Waals surface area contributed by atoms with Crippen LogP contribution in [-0.2, 0) is 30.8 Å². The van der Waals surface area contributed by atoms with Crippen molar-refractivity contribution in [1.29, 1.82) is 0 Å². The van der Waals surface area contributed by atoms with Crippen molar-refractivity contribution in [3.63, 3.8) is 0 Å². The van der Waals surface area contributed by atoms with Gasteiger partial charge < -0.3 is 14.2 Å². The van der Waals surface area contributed by atoms with Crippen molar-refractivity contribution in [3.05, 3.63) is 90.0 Å². The summed E-state index contributed by atoms with van der Waals surface area (Å²) in [4.78, 5) is 24.1. The molecule has 1 aliphatic heterocycles. The van der Waals surface area contributed by atoms with Crippen LogP contribution in [0, 0.1) is 0 Å². The summed E-state index contributed by atoms with van der Waals surface area (Å²) in [5, 5.41) is 0. The van der Waals surface area contributed by atoms with E-state index in [2.05, 4.69) is 0 Å². The molecule has 34 heavy (non-hydrogen) atoms. The van der Waals surface area contributed by atoms with Crippen LogP contribution in [0.2, 0.25) is 0 Å². The van der Waals surface area contributed by atoms with Gasteiger partial charge in [-0.2, -0.15) is 0 Å². The fourth-order valence-electron chi connectivity index (χ4n) is 3.51. The van der Waals surface area contributed by atoms with Gasteiger partial charge in [0.1, 0.15) is 5.75 Å². The summed E-state index contributed by atoms with van der Waals surface area (Å²) in [7, 11) is -2.54. The molecular weight excluding hydrogens is 458 g/mol. The number of hydrogen-bond donors (Lipinski definition) is 0. The normalized spacial score (nSPS) is 15.4. The summed E-state index contributed by atoms with van der Waals surface area (Å²) >= 11 is 0. The van der Waals surface area contributed by atoms with Crippen LogP contribution in [0.1, 0.15) is 22.3 Å². The zero-order chi connectivity index (χ0) is 24.1. The smallest absolute Gasteiger partial charge is 0.347 e. The number of carbonyl (C=O) groups excluding carboxylic acids is 2. The number of carbonyl (C=O) groups is 2. The van der Waals surface area contributed by atoms with Crippen LogP contribution in [0.15, 0.2) is 83.8 Å². The molecule has 1 heterocycles. The number of esters is 2. The predicted molar refractivity (Wildman–Crippen MR) is 124 cm³/mol. The van der Waals surface area contributed by atoms with Crippen LogP contribution in [0.3, 0.4) is 0 Å². The first kappa shape index (κ1) is 23.3. The van der Waals surface area contributed by atoms with Gasteiger partial charge in [0.15, 0.2) is 0 Å². The van der Waals surface area contributed by atoms with Gasteiger partial charge in [0.05, 0.1) is 36.4 Å². The monoisotopic (exact) mass is 481 g/mol. The Morgan fingerprint density at radius 2 is 1.76 bits per heavy atom. The lowest BCUT2D eigenvalue weighted by Crippen LogP contribution is -2.31. The topological polar surface area (TPSA) is 99.2 Å². The Kier molecular flexibility index (Phi) is 6.83. The van der Waals surface area contributed by atoms with E-state index >= 15 is 0 Å². The van der Waals surface area contributed by atoms with Crippen molar-refractivity contribution in [3.8, 4) is 5.75 Å².